The standard InChI is InChI=1S/C17H13NO4S/c1-10-3-6-13(7-4-10)21-17(23)18-14-8-5-12(11(2)19)9-15(14)22-16(18)20/h3-9H,1-2H3. The molecule has 3 aromatic rings. The van der Waals surface area contributed by atoms with E-state index < -0.39 is 5.76 Å². The van der Waals surface area contributed by atoms with Crippen LogP contribution in [0, 0.1) is 6.92 Å². The third-order valence-corrected chi connectivity index (χ3v) is 3.66. The first kappa shape index (κ1) is 15.2. The number of benzene rings is 2. The Morgan fingerprint density at radius 3 is 2.52 bits per heavy atom. The number of aryl methyl sites for hydroxylation is 1. The summed E-state index contributed by atoms with van der Waals surface area (Å²) in [5.41, 5.74) is 2.30. The maximum absolute atomic E-state index is 12.0. The van der Waals surface area contributed by atoms with Crippen LogP contribution in [0.5, 0.6) is 5.75 Å². The number of Topliss-reactive ketones (excluding diaryl/α,β-unsaturated/α-hetero) is 1. The zero-order valence-electron chi connectivity index (χ0n) is 12.5. The predicted octanol–water partition coefficient (Wildman–Crippen LogP) is 3.32. The number of ether oxygens (including phenoxy) is 1. The molecule has 116 valence electrons. The minimum atomic E-state index is -0.655. The second kappa shape index (κ2) is 5.81. The largest absolute Gasteiger partial charge is 0.431 e. The fourth-order valence-electron chi connectivity index (χ4n) is 2.16. The summed E-state index contributed by atoms with van der Waals surface area (Å²) >= 11 is 5.20. The first-order chi connectivity index (χ1) is 11.0. The molecule has 0 aliphatic heterocycles. The average Bonchev–Trinajstić information content (AvgIpc) is 2.84. The molecule has 23 heavy (non-hydrogen) atoms. The van der Waals surface area contributed by atoms with Crippen LogP contribution < -0.4 is 10.5 Å². The van der Waals surface area contributed by atoms with Gasteiger partial charge in [-0.05, 0) is 56.4 Å². The summed E-state index contributed by atoms with van der Waals surface area (Å²) in [5, 5.41) is -0.0341. The van der Waals surface area contributed by atoms with E-state index in [1.54, 1.807) is 24.3 Å². The van der Waals surface area contributed by atoms with E-state index in [2.05, 4.69) is 0 Å². The van der Waals surface area contributed by atoms with Crippen molar-refractivity contribution in [2.45, 2.75) is 13.8 Å². The molecule has 0 saturated heterocycles. The second-order valence-electron chi connectivity index (χ2n) is 5.12. The lowest BCUT2D eigenvalue weighted by Gasteiger charge is -2.07. The number of hydrogen-bond acceptors (Lipinski definition) is 5. The molecule has 0 radical (unpaired) electrons. The van der Waals surface area contributed by atoms with Gasteiger partial charge in [0.1, 0.15) is 5.75 Å². The van der Waals surface area contributed by atoms with Gasteiger partial charge in [-0.15, -0.1) is 0 Å². The summed E-state index contributed by atoms with van der Waals surface area (Å²) in [7, 11) is 0. The van der Waals surface area contributed by atoms with E-state index in [0.717, 1.165) is 10.1 Å². The van der Waals surface area contributed by atoms with E-state index in [0.29, 0.717) is 16.8 Å². The highest BCUT2D eigenvalue weighted by molar-refractivity contribution is 7.80. The van der Waals surface area contributed by atoms with Gasteiger partial charge >= 0.3 is 5.76 Å². The summed E-state index contributed by atoms with van der Waals surface area (Å²) < 4.78 is 11.9. The second-order valence-corrected chi connectivity index (χ2v) is 5.47. The first-order valence-electron chi connectivity index (χ1n) is 6.91. The van der Waals surface area contributed by atoms with Crippen molar-refractivity contribution < 1.29 is 13.9 Å². The maximum atomic E-state index is 12.0. The Hall–Kier alpha value is -2.73. The van der Waals surface area contributed by atoms with Crippen LogP contribution in [-0.4, -0.2) is 15.5 Å². The van der Waals surface area contributed by atoms with Crippen LogP contribution >= 0.6 is 12.2 Å². The number of rotatable bonds is 2. The molecule has 0 atom stereocenters. The first-order valence-corrected chi connectivity index (χ1v) is 7.32. The van der Waals surface area contributed by atoms with Crippen molar-refractivity contribution in [1.29, 1.82) is 0 Å². The normalized spacial score (nSPS) is 10.7. The Balaban J connectivity index is 2.00. The molecule has 0 aliphatic carbocycles. The fourth-order valence-corrected chi connectivity index (χ4v) is 2.43. The number of hydrogen-bond donors (Lipinski definition) is 0. The van der Waals surface area contributed by atoms with E-state index in [-0.39, 0.29) is 16.5 Å². The summed E-state index contributed by atoms with van der Waals surface area (Å²) in [6.07, 6.45) is 0. The van der Waals surface area contributed by atoms with Crippen LogP contribution in [0.1, 0.15) is 22.8 Å². The number of carbonyl (C=O) groups is 1. The van der Waals surface area contributed by atoms with Crippen molar-refractivity contribution >= 4 is 34.3 Å². The molecule has 0 aliphatic rings. The fraction of sp³-hybridized carbons (Fsp3) is 0.118. The Bertz CT molecular complexity index is 966. The molecular formula is C17H13NO4S. The Morgan fingerprint density at radius 1 is 1.17 bits per heavy atom. The predicted molar refractivity (Wildman–Crippen MR) is 90.3 cm³/mol. The molecule has 0 fully saturated rings. The summed E-state index contributed by atoms with van der Waals surface area (Å²) in [6, 6.07) is 12.0. The molecule has 1 aromatic heterocycles. The molecule has 6 heteroatoms. The van der Waals surface area contributed by atoms with E-state index in [1.807, 2.05) is 19.1 Å². The summed E-state index contributed by atoms with van der Waals surface area (Å²) in [4.78, 5) is 23.5. The monoisotopic (exact) mass is 327 g/mol. The smallest absolute Gasteiger partial charge is 0.427 e. The highest BCUT2D eigenvalue weighted by Crippen LogP contribution is 2.17. The molecule has 1 heterocycles. The average molecular weight is 327 g/mol. The van der Waals surface area contributed by atoms with Crippen molar-refractivity contribution in [1.82, 2.24) is 4.57 Å². The quantitative estimate of drug-likeness (QED) is 0.534. The lowest BCUT2D eigenvalue weighted by atomic mass is 10.1. The maximum Gasteiger partial charge on any atom is 0.427 e. The number of thiocarbonyl (C=S) groups is 1. The SMILES string of the molecule is CC(=O)c1ccc2c(c1)oc(=O)n2C(=S)Oc1ccc(C)cc1. The topological polar surface area (TPSA) is 61.4 Å². The van der Waals surface area contributed by atoms with Crippen LogP contribution in [0.2, 0.25) is 0 Å². The van der Waals surface area contributed by atoms with Crippen LogP contribution in [-0.2, 0) is 0 Å². The van der Waals surface area contributed by atoms with Gasteiger partial charge in [-0.25, -0.2) is 9.36 Å². The zero-order valence-corrected chi connectivity index (χ0v) is 13.3. The third-order valence-electron chi connectivity index (χ3n) is 3.40. The van der Waals surface area contributed by atoms with Crippen LogP contribution in [0.3, 0.4) is 0 Å². The van der Waals surface area contributed by atoms with E-state index in [4.69, 9.17) is 21.4 Å². The lowest BCUT2D eigenvalue weighted by Crippen LogP contribution is -2.25. The van der Waals surface area contributed by atoms with Gasteiger partial charge in [0, 0.05) is 5.56 Å². The molecule has 0 N–H and O–H groups in total. The molecule has 2 aromatic carbocycles. The van der Waals surface area contributed by atoms with Crippen molar-refractivity contribution in [3.63, 3.8) is 0 Å². The van der Waals surface area contributed by atoms with Gasteiger partial charge in [-0.1, -0.05) is 17.7 Å². The van der Waals surface area contributed by atoms with E-state index in [9.17, 15) is 9.59 Å². The molecule has 5 nitrogen and oxygen atoms in total. The van der Waals surface area contributed by atoms with Gasteiger partial charge in [0.15, 0.2) is 11.4 Å². The van der Waals surface area contributed by atoms with E-state index in [1.165, 1.54) is 13.0 Å². The Kier molecular flexibility index (Phi) is 3.83. The Labute approximate surface area is 137 Å². The van der Waals surface area contributed by atoms with Gasteiger partial charge in [0.25, 0.3) is 5.17 Å². The number of fused-ring (bicyclic) bond motifs is 1. The minimum Gasteiger partial charge on any atom is -0.431 e. The van der Waals surface area contributed by atoms with Crippen LogP contribution in [0.25, 0.3) is 11.1 Å². The van der Waals surface area contributed by atoms with Gasteiger partial charge < -0.3 is 9.15 Å². The highest BCUT2D eigenvalue weighted by Gasteiger charge is 2.16. The number of nitrogens with zero attached hydrogens (tertiary/aromatic N) is 1. The van der Waals surface area contributed by atoms with Gasteiger partial charge in [-0.2, -0.15) is 0 Å². The minimum absolute atomic E-state index is 0.0341. The highest BCUT2D eigenvalue weighted by atomic mass is 32.1. The summed E-state index contributed by atoms with van der Waals surface area (Å²) in [6.45, 7) is 3.41. The van der Waals surface area contributed by atoms with Crippen molar-refractivity contribution in [2.75, 3.05) is 0 Å². The number of oxazole rings is 1. The molecular weight excluding hydrogens is 314 g/mol. The third kappa shape index (κ3) is 2.93. The lowest BCUT2D eigenvalue weighted by molar-refractivity contribution is 0.101. The number of carbonyl (C=O) groups excluding carboxylic acids is 1. The molecule has 0 bridgehead atoms. The van der Waals surface area contributed by atoms with Crippen LogP contribution in [0.15, 0.2) is 51.7 Å². The van der Waals surface area contributed by atoms with Gasteiger partial charge in [0.2, 0.25) is 0 Å². The van der Waals surface area contributed by atoms with Crippen LogP contribution in [0.4, 0.5) is 0 Å². The molecule has 0 amide bonds. The molecule has 0 unspecified atom stereocenters. The molecule has 3 rings (SSSR count). The molecule has 0 saturated carbocycles. The van der Waals surface area contributed by atoms with Crippen molar-refractivity contribution in [3.8, 4) is 5.75 Å². The Morgan fingerprint density at radius 2 is 1.87 bits per heavy atom. The number of aromatic nitrogens is 1. The zero-order chi connectivity index (χ0) is 16.6. The molecule has 0 spiro atoms. The summed E-state index contributed by atoms with van der Waals surface area (Å²) in [5.74, 6) is -0.235. The van der Waals surface area contributed by atoms with Gasteiger partial charge in [0.05, 0.1) is 5.52 Å². The van der Waals surface area contributed by atoms with Crippen molar-refractivity contribution in [3.05, 3.63) is 64.1 Å². The van der Waals surface area contributed by atoms with E-state index >= 15 is 0 Å². The van der Waals surface area contributed by atoms with Crippen molar-refractivity contribution in [2.24, 2.45) is 0 Å². The van der Waals surface area contributed by atoms with Gasteiger partial charge in [-0.3, -0.25) is 4.79 Å². The number of ketones is 1.